The van der Waals surface area contributed by atoms with Gasteiger partial charge in [-0.15, -0.1) is 0 Å². The van der Waals surface area contributed by atoms with Crippen LogP contribution in [-0.2, 0) is 11.2 Å². The maximum absolute atomic E-state index is 13.2. The normalized spacial score (nSPS) is 16.8. The monoisotopic (exact) mass is 508 g/mol. The van der Waals surface area contributed by atoms with Gasteiger partial charge in [-0.1, -0.05) is 43.0 Å². The van der Waals surface area contributed by atoms with E-state index in [0.717, 1.165) is 41.2 Å². The van der Waals surface area contributed by atoms with Crippen LogP contribution in [0.4, 0.5) is 5.69 Å². The topological polar surface area (TPSA) is 73.1 Å². The predicted octanol–water partition coefficient (Wildman–Crippen LogP) is 5.31. The van der Waals surface area contributed by atoms with Gasteiger partial charge in [-0.3, -0.25) is 4.79 Å². The quantitative estimate of drug-likeness (QED) is 0.538. The summed E-state index contributed by atoms with van der Waals surface area (Å²) in [6.45, 7) is 0. The molecule has 1 saturated carbocycles. The van der Waals surface area contributed by atoms with E-state index in [1.54, 1.807) is 18.2 Å². The van der Waals surface area contributed by atoms with Crippen molar-refractivity contribution in [3.63, 3.8) is 0 Å². The highest BCUT2D eigenvalue weighted by Gasteiger charge is 2.44. The zero-order valence-electron chi connectivity index (χ0n) is 15.4. The maximum Gasteiger partial charge on any atom is 0.256 e. The molecular weight excluding hydrogens is 487 g/mol. The lowest BCUT2D eigenvalue weighted by Gasteiger charge is -2.37. The summed E-state index contributed by atoms with van der Waals surface area (Å²) in [7, 11) is 0. The summed E-state index contributed by atoms with van der Waals surface area (Å²) in [5, 5.41) is 23.7. The number of amides is 1. The van der Waals surface area contributed by atoms with E-state index in [9.17, 15) is 9.90 Å². The molecule has 0 aliphatic heterocycles. The van der Waals surface area contributed by atoms with Gasteiger partial charge in [0.15, 0.2) is 0 Å². The summed E-state index contributed by atoms with van der Waals surface area (Å²) < 4.78 is 1.07. The van der Waals surface area contributed by atoms with Gasteiger partial charge in [-0.05, 0) is 77.2 Å². The van der Waals surface area contributed by atoms with Crippen molar-refractivity contribution >= 4 is 45.8 Å². The number of anilines is 1. The Morgan fingerprint density at radius 1 is 1.25 bits per heavy atom. The molecule has 2 aromatic carbocycles. The average molecular weight is 509 g/mol. The number of nitriles is 1. The van der Waals surface area contributed by atoms with Crippen LogP contribution in [0.15, 0.2) is 42.5 Å². The van der Waals surface area contributed by atoms with Crippen LogP contribution >= 0.6 is 34.2 Å². The van der Waals surface area contributed by atoms with Crippen molar-refractivity contribution < 1.29 is 9.90 Å². The summed E-state index contributed by atoms with van der Waals surface area (Å²) >= 11 is 8.32. The number of halogens is 2. The van der Waals surface area contributed by atoms with E-state index >= 15 is 0 Å². The van der Waals surface area contributed by atoms with Crippen LogP contribution in [0.2, 0.25) is 5.02 Å². The summed E-state index contributed by atoms with van der Waals surface area (Å²) in [5.41, 5.74) is 0.269. The fourth-order valence-corrected chi connectivity index (χ4v) is 4.70. The van der Waals surface area contributed by atoms with E-state index < -0.39 is 11.5 Å². The molecule has 4 nitrogen and oxygen atoms in total. The molecule has 2 N–H and O–H groups in total. The van der Waals surface area contributed by atoms with Crippen LogP contribution in [0.3, 0.4) is 0 Å². The van der Waals surface area contributed by atoms with Crippen molar-refractivity contribution in [2.24, 2.45) is 5.92 Å². The highest BCUT2D eigenvalue weighted by atomic mass is 127. The lowest BCUT2D eigenvalue weighted by Crippen LogP contribution is -2.51. The Bertz CT molecular complexity index is 906. The minimum Gasteiger partial charge on any atom is -0.379 e. The standard InChI is InChI=1S/C22H22ClIN2O2/c23-20-12-19(10-9-16(20)14-25)26-21(27)22(28,17-6-2-1-3-7-17)13-15-5-4-8-18(24)11-15/h4-5,8-12,17,28H,1-3,6-7,13H2,(H,26,27). The first-order valence-electron chi connectivity index (χ1n) is 9.40. The number of hydrogen-bond acceptors (Lipinski definition) is 3. The third kappa shape index (κ3) is 4.86. The molecule has 1 amide bonds. The van der Waals surface area contributed by atoms with Gasteiger partial charge in [0.05, 0.1) is 10.6 Å². The number of hydrogen-bond donors (Lipinski definition) is 2. The second kappa shape index (κ2) is 9.25. The van der Waals surface area contributed by atoms with Crippen molar-refractivity contribution in [1.29, 1.82) is 5.26 Å². The number of benzene rings is 2. The number of carbonyl (C=O) groups excluding carboxylic acids is 1. The molecule has 3 rings (SSSR count). The van der Waals surface area contributed by atoms with Crippen molar-refractivity contribution in [2.45, 2.75) is 44.1 Å². The minimum atomic E-state index is -1.49. The van der Waals surface area contributed by atoms with E-state index in [4.69, 9.17) is 16.9 Å². The van der Waals surface area contributed by atoms with Gasteiger partial charge in [0.2, 0.25) is 0 Å². The summed E-state index contributed by atoms with van der Waals surface area (Å²) in [4.78, 5) is 13.2. The Kier molecular flexibility index (Phi) is 6.97. The Morgan fingerprint density at radius 2 is 2.00 bits per heavy atom. The Morgan fingerprint density at radius 3 is 2.64 bits per heavy atom. The zero-order valence-corrected chi connectivity index (χ0v) is 18.3. The molecule has 1 atom stereocenters. The van der Waals surface area contributed by atoms with Crippen LogP contribution in [0.5, 0.6) is 0 Å². The second-order valence-corrected chi connectivity index (χ2v) is 8.98. The molecule has 2 aromatic rings. The number of aliphatic hydroxyl groups is 1. The first kappa shape index (κ1) is 21.1. The third-order valence-corrected chi connectivity index (χ3v) is 6.37. The predicted molar refractivity (Wildman–Crippen MR) is 119 cm³/mol. The Hall–Kier alpha value is -1.62. The lowest BCUT2D eigenvalue weighted by molar-refractivity contribution is -0.141. The van der Waals surface area contributed by atoms with E-state index in [0.29, 0.717) is 11.3 Å². The zero-order chi connectivity index (χ0) is 20.1. The smallest absolute Gasteiger partial charge is 0.256 e. The highest BCUT2D eigenvalue weighted by molar-refractivity contribution is 14.1. The number of rotatable bonds is 5. The van der Waals surface area contributed by atoms with E-state index in [-0.39, 0.29) is 17.4 Å². The molecule has 0 radical (unpaired) electrons. The first-order chi connectivity index (χ1) is 13.4. The molecule has 0 bridgehead atoms. The van der Waals surface area contributed by atoms with Gasteiger partial charge in [0.25, 0.3) is 5.91 Å². The molecule has 0 spiro atoms. The molecule has 1 unspecified atom stereocenters. The SMILES string of the molecule is N#Cc1ccc(NC(=O)C(O)(Cc2cccc(I)c2)C2CCCCC2)cc1Cl. The molecule has 0 aromatic heterocycles. The molecule has 1 aliphatic carbocycles. The van der Waals surface area contributed by atoms with Crippen molar-refractivity contribution in [3.05, 3.63) is 62.2 Å². The average Bonchev–Trinajstić information content (AvgIpc) is 2.68. The summed E-state index contributed by atoms with van der Waals surface area (Å²) in [6.07, 6.45) is 5.13. The van der Waals surface area contributed by atoms with Crippen molar-refractivity contribution in [1.82, 2.24) is 0 Å². The van der Waals surface area contributed by atoms with Crippen LogP contribution in [0, 0.1) is 20.8 Å². The Balaban J connectivity index is 1.88. The molecule has 1 aliphatic rings. The number of carbonyl (C=O) groups is 1. The number of nitrogens with zero attached hydrogens (tertiary/aromatic N) is 1. The fourth-order valence-electron chi connectivity index (χ4n) is 3.87. The molecule has 6 heteroatoms. The molecule has 0 saturated heterocycles. The minimum absolute atomic E-state index is 0.0898. The Labute approximate surface area is 184 Å². The van der Waals surface area contributed by atoms with E-state index in [1.807, 2.05) is 30.3 Å². The van der Waals surface area contributed by atoms with E-state index in [1.165, 1.54) is 0 Å². The summed E-state index contributed by atoms with van der Waals surface area (Å²) in [5.74, 6) is -0.507. The van der Waals surface area contributed by atoms with Gasteiger partial charge in [-0.25, -0.2) is 0 Å². The van der Waals surface area contributed by atoms with Crippen LogP contribution in [0.1, 0.15) is 43.2 Å². The number of nitrogens with one attached hydrogen (secondary N) is 1. The molecule has 146 valence electrons. The van der Waals surface area contributed by atoms with Gasteiger partial charge >= 0.3 is 0 Å². The van der Waals surface area contributed by atoms with Crippen LogP contribution in [0.25, 0.3) is 0 Å². The maximum atomic E-state index is 13.2. The largest absolute Gasteiger partial charge is 0.379 e. The molecule has 1 fully saturated rings. The fraction of sp³-hybridized carbons (Fsp3) is 0.364. The van der Waals surface area contributed by atoms with Crippen molar-refractivity contribution in [3.8, 4) is 6.07 Å². The molecule has 28 heavy (non-hydrogen) atoms. The second-order valence-electron chi connectivity index (χ2n) is 7.33. The van der Waals surface area contributed by atoms with Gasteiger partial charge in [0.1, 0.15) is 11.7 Å². The van der Waals surface area contributed by atoms with Gasteiger partial charge in [-0.2, -0.15) is 5.26 Å². The van der Waals surface area contributed by atoms with Gasteiger partial charge in [0, 0.05) is 15.7 Å². The lowest BCUT2D eigenvalue weighted by atomic mass is 9.73. The van der Waals surface area contributed by atoms with E-state index in [2.05, 4.69) is 27.9 Å². The van der Waals surface area contributed by atoms with Crippen LogP contribution < -0.4 is 5.32 Å². The molecular formula is C22H22ClIN2O2. The van der Waals surface area contributed by atoms with Crippen LogP contribution in [-0.4, -0.2) is 16.6 Å². The van der Waals surface area contributed by atoms with Crippen molar-refractivity contribution in [2.75, 3.05) is 5.32 Å². The highest BCUT2D eigenvalue weighted by Crippen LogP contribution is 2.36. The third-order valence-electron chi connectivity index (χ3n) is 5.38. The summed E-state index contributed by atoms with van der Waals surface area (Å²) in [6, 6.07) is 14.6. The first-order valence-corrected chi connectivity index (χ1v) is 10.9. The van der Waals surface area contributed by atoms with Gasteiger partial charge < -0.3 is 10.4 Å². The molecule has 0 heterocycles.